The van der Waals surface area contributed by atoms with E-state index in [9.17, 15) is 9.18 Å². The van der Waals surface area contributed by atoms with Crippen LogP contribution in [0.5, 0.6) is 0 Å². The molecule has 0 aliphatic carbocycles. The van der Waals surface area contributed by atoms with Crippen LogP contribution < -0.4 is 5.32 Å². The minimum absolute atomic E-state index is 0. The molecule has 1 heterocycles. The molecule has 0 bridgehead atoms. The van der Waals surface area contributed by atoms with E-state index in [1.165, 1.54) is 0 Å². The Morgan fingerprint density at radius 2 is 2.38 bits per heavy atom. The first-order chi connectivity index (χ1) is 5.75. The van der Waals surface area contributed by atoms with Crippen LogP contribution in [0.2, 0.25) is 0 Å². The van der Waals surface area contributed by atoms with Crippen LogP contribution in [0.4, 0.5) is 4.39 Å². The summed E-state index contributed by atoms with van der Waals surface area (Å²) < 4.78 is 17.8. The Kier molecular flexibility index (Phi) is 5.99. The molecule has 13 heavy (non-hydrogen) atoms. The Balaban J connectivity index is 0.00000144. The molecule has 0 amide bonds. The van der Waals surface area contributed by atoms with E-state index >= 15 is 0 Å². The van der Waals surface area contributed by atoms with Crippen molar-refractivity contribution in [2.24, 2.45) is 5.92 Å². The molecule has 0 radical (unpaired) electrons. The SMILES string of the molecule is CCOC(=O)C1CNCCC1F.Cl. The standard InChI is InChI=1S/C8H14FNO2.ClH/c1-2-12-8(11)6-5-10-4-3-7(6)9;/h6-7,10H,2-5H2,1H3;1H. The number of halogens is 2. The first-order valence-corrected chi connectivity index (χ1v) is 4.27. The van der Waals surface area contributed by atoms with Gasteiger partial charge in [-0.05, 0) is 19.9 Å². The summed E-state index contributed by atoms with van der Waals surface area (Å²) in [7, 11) is 0. The van der Waals surface area contributed by atoms with E-state index in [0.717, 1.165) is 0 Å². The van der Waals surface area contributed by atoms with Gasteiger partial charge in [-0.1, -0.05) is 0 Å². The Morgan fingerprint density at radius 3 is 2.92 bits per heavy atom. The van der Waals surface area contributed by atoms with Crippen LogP contribution in [0, 0.1) is 5.92 Å². The summed E-state index contributed by atoms with van der Waals surface area (Å²) in [5.74, 6) is -1.02. The van der Waals surface area contributed by atoms with Crippen LogP contribution >= 0.6 is 12.4 Å². The van der Waals surface area contributed by atoms with Crippen LogP contribution in [0.15, 0.2) is 0 Å². The molecule has 1 aliphatic heterocycles. The zero-order chi connectivity index (χ0) is 8.97. The number of esters is 1. The molecule has 2 atom stereocenters. The molecule has 1 N–H and O–H groups in total. The molecule has 0 saturated carbocycles. The predicted molar refractivity (Wildman–Crippen MR) is 49.8 cm³/mol. The number of hydrogen-bond donors (Lipinski definition) is 1. The van der Waals surface area contributed by atoms with Crippen molar-refractivity contribution in [1.82, 2.24) is 5.32 Å². The zero-order valence-electron chi connectivity index (χ0n) is 7.59. The van der Waals surface area contributed by atoms with Crippen molar-refractivity contribution in [2.45, 2.75) is 19.5 Å². The molecule has 0 aromatic heterocycles. The lowest BCUT2D eigenvalue weighted by molar-refractivity contribution is -0.150. The second-order valence-electron chi connectivity index (χ2n) is 2.87. The molecule has 0 spiro atoms. The Labute approximate surface area is 83.4 Å². The van der Waals surface area contributed by atoms with Crippen LogP contribution in [0.25, 0.3) is 0 Å². The predicted octanol–water partition coefficient (Wildman–Crippen LogP) is 0.919. The molecular weight excluding hydrogens is 197 g/mol. The first kappa shape index (κ1) is 12.7. The highest BCUT2D eigenvalue weighted by Gasteiger charge is 2.31. The fourth-order valence-electron chi connectivity index (χ4n) is 1.31. The van der Waals surface area contributed by atoms with Gasteiger partial charge >= 0.3 is 5.97 Å². The van der Waals surface area contributed by atoms with Gasteiger partial charge in [-0.2, -0.15) is 0 Å². The van der Waals surface area contributed by atoms with Crippen LogP contribution in [-0.4, -0.2) is 31.8 Å². The highest BCUT2D eigenvalue weighted by Crippen LogP contribution is 2.16. The summed E-state index contributed by atoms with van der Waals surface area (Å²) in [4.78, 5) is 11.1. The minimum Gasteiger partial charge on any atom is -0.466 e. The molecule has 3 nitrogen and oxygen atoms in total. The molecule has 0 aromatic rings. The number of alkyl halides is 1. The van der Waals surface area contributed by atoms with Gasteiger partial charge in [-0.3, -0.25) is 4.79 Å². The number of nitrogens with one attached hydrogen (secondary N) is 1. The minimum atomic E-state index is -1.04. The van der Waals surface area contributed by atoms with Gasteiger partial charge in [0.05, 0.1) is 6.61 Å². The largest absolute Gasteiger partial charge is 0.466 e. The summed E-state index contributed by atoms with van der Waals surface area (Å²) in [6.45, 7) is 3.10. The van der Waals surface area contributed by atoms with Crippen molar-refractivity contribution in [3.05, 3.63) is 0 Å². The summed E-state index contributed by atoms with van der Waals surface area (Å²) in [6.07, 6.45) is -0.631. The molecule has 5 heteroatoms. The second kappa shape index (κ2) is 6.16. The van der Waals surface area contributed by atoms with E-state index < -0.39 is 18.1 Å². The quantitative estimate of drug-likeness (QED) is 0.691. The maximum absolute atomic E-state index is 13.1. The Hall–Kier alpha value is -0.350. The van der Waals surface area contributed by atoms with E-state index in [1.807, 2.05) is 0 Å². The van der Waals surface area contributed by atoms with E-state index in [-0.39, 0.29) is 12.4 Å². The van der Waals surface area contributed by atoms with Gasteiger partial charge in [0.2, 0.25) is 0 Å². The maximum atomic E-state index is 13.1. The van der Waals surface area contributed by atoms with Crippen molar-refractivity contribution >= 4 is 18.4 Å². The molecule has 0 aromatic carbocycles. The number of rotatable bonds is 2. The van der Waals surface area contributed by atoms with Gasteiger partial charge in [0.25, 0.3) is 0 Å². The molecule has 1 saturated heterocycles. The molecule has 1 aliphatic rings. The third-order valence-electron chi connectivity index (χ3n) is 1.99. The number of carbonyl (C=O) groups excluding carboxylic acids is 1. The van der Waals surface area contributed by atoms with E-state index in [1.54, 1.807) is 6.92 Å². The number of piperidine rings is 1. The number of carbonyl (C=O) groups is 1. The highest BCUT2D eigenvalue weighted by molar-refractivity contribution is 5.85. The average Bonchev–Trinajstić information content (AvgIpc) is 2.05. The van der Waals surface area contributed by atoms with E-state index in [4.69, 9.17) is 4.74 Å². The average molecular weight is 212 g/mol. The van der Waals surface area contributed by atoms with Gasteiger partial charge < -0.3 is 10.1 Å². The fraction of sp³-hybridized carbons (Fsp3) is 0.875. The summed E-state index contributed by atoms with van der Waals surface area (Å²) >= 11 is 0. The van der Waals surface area contributed by atoms with Crippen molar-refractivity contribution in [3.8, 4) is 0 Å². The van der Waals surface area contributed by atoms with Gasteiger partial charge in [0.15, 0.2) is 0 Å². The first-order valence-electron chi connectivity index (χ1n) is 4.27. The van der Waals surface area contributed by atoms with Gasteiger partial charge in [-0.15, -0.1) is 12.4 Å². The Bertz CT molecular complexity index is 168. The third kappa shape index (κ3) is 3.48. The van der Waals surface area contributed by atoms with Gasteiger partial charge in [-0.25, -0.2) is 4.39 Å². The van der Waals surface area contributed by atoms with Crippen molar-refractivity contribution in [2.75, 3.05) is 19.7 Å². The lowest BCUT2D eigenvalue weighted by atomic mass is 9.98. The molecule has 78 valence electrons. The van der Waals surface area contributed by atoms with Crippen LogP contribution in [0.3, 0.4) is 0 Å². The highest BCUT2D eigenvalue weighted by atomic mass is 35.5. The smallest absolute Gasteiger partial charge is 0.313 e. The van der Waals surface area contributed by atoms with Crippen molar-refractivity contribution < 1.29 is 13.9 Å². The summed E-state index contributed by atoms with van der Waals surface area (Å²) in [5, 5.41) is 2.96. The van der Waals surface area contributed by atoms with Crippen molar-refractivity contribution in [3.63, 3.8) is 0 Å². The molecule has 1 rings (SSSR count). The Morgan fingerprint density at radius 1 is 1.69 bits per heavy atom. The summed E-state index contributed by atoms with van der Waals surface area (Å²) in [6, 6.07) is 0. The normalized spacial score (nSPS) is 27.5. The molecule has 1 fully saturated rings. The number of ether oxygens (including phenoxy) is 1. The van der Waals surface area contributed by atoms with Crippen LogP contribution in [0.1, 0.15) is 13.3 Å². The molecule has 2 unspecified atom stereocenters. The zero-order valence-corrected chi connectivity index (χ0v) is 8.40. The lowest BCUT2D eigenvalue weighted by Gasteiger charge is -2.24. The van der Waals surface area contributed by atoms with E-state index in [0.29, 0.717) is 26.1 Å². The number of hydrogen-bond acceptors (Lipinski definition) is 3. The lowest BCUT2D eigenvalue weighted by Crippen LogP contribution is -2.42. The maximum Gasteiger partial charge on any atom is 0.313 e. The topological polar surface area (TPSA) is 38.3 Å². The van der Waals surface area contributed by atoms with Gasteiger partial charge in [0.1, 0.15) is 12.1 Å². The third-order valence-corrected chi connectivity index (χ3v) is 1.99. The molecular formula is C8H15ClFNO2. The van der Waals surface area contributed by atoms with Gasteiger partial charge in [0, 0.05) is 6.54 Å². The fourth-order valence-corrected chi connectivity index (χ4v) is 1.31. The van der Waals surface area contributed by atoms with Crippen molar-refractivity contribution in [1.29, 1.82) is 0 Å². The monoisotopic (exact) mass is 211 g/mol. The summed E-state index contributed by atoms with van der Waals surface area (Å²) in [5.41, 5.74) is 0. The second-order valence-corrected chi connectivity index (χ2v) is 2.87. The van der Waals surface area contributed by atoms with E-state index in [2.05, 4.69) is 5.32 Å². The van der Waals surface area contributed by atoms with Crippen LogP contribution in [-0.2, 0) is 9.53 Å².